The Morgan fingerprint density at radius 1 is 1.42 bits per heavy atom. The topological polar surface area (TPSA) is 64.3 Å². The standard InChI is InChI=1S/C15H24N2O2/c1-3-13(16)11-12-7-4-5-8-14(12)19-10-6-9-15(18)17-2/h4-5,7-8,13H,3,6,9-11,16H2,1-2H3,(H,17,18). The van der Waals surface area contributed by atoms with Gasteiger partial charge in [-0.25, -0.2) is 0 Å². The van der Waals surface area contributed by atoms with Gasteiger partial charge >= 0.3 is 0 Å². The first kappa shape index (κ1) is 15.5. The van der Waals surface area contributed by atoms with E-state index in [4.69, 9.17) is 10.5 Å². The van der Waals surface area contributed by atoms with Crippen molar-refractivity contribution < 1.29 is 9.53 Å². The molecule has 0 aliphatic carbocycles. The zero-order valence-corrected chi connectivity index (χ0v) is 11.8. The number of carbonyl (C=O) groups excluding carboxylic acids is 1. The van der Waals surface area contributed by atoms with Crippen molar-refractivity contribution in [2.75, 3.05) is 13.7 Å². The summed E-state index contributed by atoms with van der Waals surface area (Å²) in [5.74, 6) is 0.924. The molecule has 4 nitrogen and oxygen atoms in total. The van der Waals surface area contributed by atoms with E-state index >= 15 is 0 Å². The van der Waals surface area contributed by atoms with Gasteiger partial charge in [0.05, 0.1) is 6.61 Å². The molecule has 0 saturated carbocycles. The van der Waals surface area contributed by atoms with Crippen molar-refractivity contribution in [2.24, 2.45) is 5.73 Å². The number of rotatable bonds is 8. The van der Waals surface area contributed by atoms with Gasteiger partial charge in [-0.1, -0.05) is 25.1 Å². The van der Waals surface area contributed by atoms with Crippen LogP contribution in [-0.4, -0.2) is 25.6 Å². The van der Waals surface area contributed by atoms with E-state index < -0.39 is 0 Å². The highest BCUT2D eigenvalue weighted by molar-refractivity contribution is 5.75. The molecule has 1 aromatic carbocycles. The van der Waals surface area contributed by atoms with Crippen LogP contribution in [0, 0.1) is 0 Å². The SMILES string of the molecule is CCC(N)Cc1ccccc1OCCCC(=O)NC. The summed E-state index contributed by atoms with van der Waals surface area (Å²) in [6, 6.07) is 8.11. The van der Waals surface area contributed by atoms with Gasteiger partial charge in [-0.3, -0.25) is 4.79 Å². The zero-order valence-electron chi connectivity index (χ0n) is 11.8. The van der Waals surface area contributed by atoms with Gasteiger partial charge in [0.2, 0.25) is 5.91 Å². The molecule has 0 bridgehead atoms. The Hall–Kier alpha value is -1.55. The molecule has 1 rings (SSSR count). The van der Waals surface area contributed by atoms with Crippen molar-refractivity contribution in [3.05, 3.63) is 29.8 Å². The molecule has 0 aliphatic heterocycles. The van der Waals surface area contributed by atoms with Crippen molar-refractivity contribution in [2.45, 2.75) is 38.6 Å². The summed E-state index contributed by atoms with van der Waals surface area (Å²) >= 11 is 0. The average molecular weight is 264 g/mol. The molecule has 19 heavy (non-hydrogen) atoms. The summed E-state index contributed by atoms with van der Waals surface area (Å²) in [6.45, 7) is 2.63. The van der Waals surface area contributed by atoms with Crippen LogP contribution in [-0.2, 0) is 11.2 Å². The molecule has 3 N–H and O–H groups in total. The van der Waals surface area contributed by atoms with Crippen LogP contribution in [0.5, 0.6) is 5.75 Å². The molecule has 0 heterocycles. The van der Waals surface area contributed by atoms with E-state index in [2.05, 4.69) is 12.2 Å². The van der Waals surface area contributed by atoms with Gasteiger partial charge in [0.25, 0.3) is 0 Å². The number of ether oxygens (including phenoxy) is 1. The Bertz CT molecular complexity index is 393. The second-order valence-corrected chi connectivity index (χ2v) is 4.61. The molecule has 1 amide bonds. The third kappa shape index (κ3) is 5.75. The van der Waals surface area contributed by atoms with E-state index in [1.165, 1.54) is 0 Å². The van der Waals surface area contributed by atoms with Crippen molar-refractivity contribution in [3.8, 4) is 5.75 Å². The van der Waals surface area contributed by atoms with E-state index in [0.717, 1.165) is 24.2 Å². The van der Waals surface area contributed by atoms with E-state index in [-0.39, 0.29) is 11.9 Å². The molecular weight excluding hydrogens is 240 g/mol. The molecule has 0 radical (unpaired) electrons. The number of benzene rings is 1. The Kier molecular flexibility index (Phi) is 6.97. The molecule has 0 saturated heterocycles. The summed E-state index contributed by atoms with van der Waals surface area (Å²) in [7, 11) is 1.64. The third-order valence-corrected chi connectivity index (χ3v) is 3.06. The Morgan fingerprint density at radius 3 is 2.84 bits per heavy atom. The van der Waals surface area contributed by atoms with Crippen LogP contribution in [0.3, 0.4) is 0 Å². The minimum absolute atomic E-state index is 0.0462. The van der Waals surface area contributed by atoms with E-state index in [9.17, 15) is 4.79 Å². The number of hydrogen-bond acceptors (Lipinski definition) is 3. The van der Waals surface area contributed by atoms with Gasteiger partial charge in [-0.2, -0.15) is 0 Å². The number of amides is 1. The van der Waals surface area contributed by atoms with Gasteiger partial charge in [-0.05, 0) is 30.9 Å². The van der Waals surface area contributed by atoms with Crippen LogP contribution in [0.1, 0.15) is 31.7 Å². The quantitative estimate of drug-likeness (QED) is 0.705. The van der Waals surface area contributed by atoms with Gasteiger partial charge in [0.15, 0.2) is 0 Å². The highest BCUT2D eigenvalue weighted by atomic mass is 16.5. The summed E-state index contributed by atoms with van der Waals surface area (Å²) in [5, 5.41) is 2.60. The Labute approximate surface area is 115 Å². The lowest BCUT2D eigenvalue weighted by molar-refractivity contribution is -0.120. The molecule has 1 unspecified atom stereocenters. The summed E-state index contributed by atoms with van der Waals surface area (Å²) in [5.41, 5.74) is 7.11. The number of nitrogens with one attached hydrogen (secondary N) is 1. The Morgan fingerprint density at radius 2 is 2.16 bits per heavy atom. The fourth-order valence-corrected chi connectivity index (χ4v) is 1.78. The molecule has 1 atom stereocenters. The first-order valence-corrected chi connectivity index (χ1v) is 6.84. The predicted molar refractivity (Wildman–Crippen MR) is 77.2 cm³/mol. The lowest BCUT2D eigenvalue weighted by atomic mass is 10.0. The fraction of sp³-hybridized carbons (Fsp3) is 0.533. The number of hydrogen-bond donors (Lipinski definition) is 2. The van der Waals surface area contributed by atoms with E-state index in [1.54, 1.807) is 7.05 Å². The molecule has 0 spiro atoms. The fourth-order valence-electron chi connectivity index (χ4n) is 1.78. The number of nitrogens with two attached hydrogens (primary N) is 1. The molecule has 1 aromatic rings. The van der Waals surface area contributed by atoms with E-state index in [0.29, 0.717) is 19.4 Å². The van der Waals surface area contributed by atoms with Crippen LogP contribution in [0.2, 0.25) is 0 Å². The minimum Gasteiger partial charge on any atom is -0.493 e. The average Bonchev–Trinajstić information content (AvgIpc) is 2.44. The summed E-state index contributed by atoms with van der Waals surface area (Å²) in [4.78, 5) is 11.1. The summed E-state index contributed by atoms with van der Waals surface area (Å²) < 4.78 is 5.74. The summed E-state index contributed by atoms with van der Waals surface area (Å²) in [6.07, 6.45) is 2.98. The van der Waals surface area contributed by atoms with Crippen LogP contribution in [0.4, 0.5) is 0 Å². The molecule has 0 fully saturated rings. The second kappa shape index (κ2) is 8.53. The van der Waals surface area contributed by atoms with Gasteiger partial charge in [0.1, 0.15) is 5.75 Å². The highest BCUT2D eigenvalue weighted by Crippen LogP contribution is 2.20. The molecule has 106 valence electrons. The predicted octanol–water partition coefficient (Wildman–Crippen LogP) is 1.87. The van der Waals surface area contributed by atoms with Crippen LogP contribution < -0.4 is 15.8 Å². The molecule has 4 heteroatoms. The zero-order chi connectivity index (χ0) is 14.1. The molecule has 0 aliphatic rings. The van der Waals surface area contributed by atoms with Gasteiger partial charge in [-0.15, -0.1) is 0 Å². The van der Waals surface area contributed by atoms with Crippen molar-refractivity contribution >= 4 is 5.91 Å². The first-order valence-electron chi connectivity index (χ1n) is 6.84. The Balaban J connectivity index is 2.46. The lowest BCUT2D eigenvalue weighted by Crippen LogP contribution is -2.22. The number of para-hydroxylation sites is 1. The van der Waals surface area contributed by atoms with Crippen molar-refractivity contribution in [3.63, 3.8) is 0 Å². The maximum Gasteiger partial charge on any atom is 0.219 e. The first-order chi connectivity index (χ1) is 9.17. The maximum absolute atomic E-state index is 11.1. The third-order valence-electron chi connectivity index (χ3n) is 3.06. The largest absolute Gasteiger partial charge is 0.493 e. The molecular formula is C15H24N2O2. The van der Waals surface area contributed by atoms with Gasteiger partial charge < -0.3 is 15.8 Å². The van der Waals surface area contributed by atoms with Crippen molar-refractivity contribution in [1.29, 1.82) is 0 Å². The monoisotopic (exact) mass is 264 g/mol. The van der Waals surface area contributed by atoms with Crippen LogP contribution >= 0.6 is 0 Å². The normalized spacial score (nSPS) is 11.9. The van der Waals surface area contributed by atoms with E-state index in [1.807, 2.05) is 24.3 Å². The maximum atomic E-state index is 11.1. The van der Waals surface area contributed by atoms with Crippen molar-refractivity contribution in [1.82, 2.24) is 5.32 Å². The van der Waals surface area contributed by atoms with Crippen LogP contribution in [0.15, 0.2) is 24.3 Å². The second-order valence-electron chi connectivity index (χ2n) is 4.61. The molecule has 0 aromatic heterocycles. The minimum atomic E-state index is 0.0462. The van der Waals surface area contributed by atoms with Crippen LogP contribution in [0.25, 0.3) is 0 Å². The highest BCUT2D eigenvalue weighted by Gasteiger charge is 2.07. The lowest BCUT2D eigenvalue weighted by Gasteiger charge is -2.14. The van der Waals surface area contributed by atoms with Gasteiger partial charge in [0, 0.05) is 19.5 Å². The number of carbonyl (C=O) groups is 1. The smallest absolute Gasteiger partial charge is 0.219 e.